The molecule has 1 saturated heterocycles. The van der Waals surface area contributed by atoms with Gasteiger partial charge in [-0.05, 0) is 0 Å². The molecule has 4 heteroatoms. The van der Waals surface area contributed by atoms with Gasteiger partial charge in [-0.25, -0.2) is 0 Å². The van der Waals surface area contributed by atoms with Crippen molar-refractivity contribution in [2.24, 2.45) is 0 Å². The number of benzene rings is 2. The Morgan fingerprint density at radius 3 is 2.59 bits per heavy atom. The van der Waals surface area contributed by atoms with Crippen molar-refractivity contribution in [2.45, 2.75) is 43.0 Å². The van der Waals surface area contributed by atoms with E-state index < -0.39 is 19.8 Å². The normalized spacial score (nSPS) is 21.6. The first-order valence-electron chi connectivity index (χ1n) is 11.0. The first-order chi connectivity index (χ1) is 15.4. The van der Waals surface area contributed by atoms with Gasteiger partial charge in [0.2, 0.25) is 0 Å². The van der Waals surface area contributed by atoms with Crippen LogP contribution in [0, 0.1) is 23.0 Å². The molecule has 0 radical (unpaired) electrons. The van der Waals surface area contributed by atoms with Crippen LogP contribution < -0.4 is 0 Å². The number of hydrogen-bond donors (Lipinski definition) is 0. The van der Waals surface area contributed by atoms with Crippen molar-refractivity contribution in [1.29, 1.82) is 5.26 Å². The Morgan fingerprint density at radius 2 is 1.88 bits per heavy atom. The fourth-order valence-corrected chi connectivity index (χ4v) is 12.5. The number of rotatable bonds is 6. The Morgan fingerprint density at radius 1 is 1.12 bits per heavy atom. The third-order valence-electron chi connectivity index (χ3n) is 6.59. The molecule has 1 fully saturated rings. The standard InChI is InChI=1S/C28H28F2IN/c1-3-4-22-18-28(2)25(16-23(22)15-20-5-8-26(29)9-6-20)12-14-31(28)13-11-21-7-10-27(30)17-24(21)19-32/h3-10,16-17H,11-15,18H2,1-2H3/b4-3-. The zero-order chi connectivity index (χ0) is 22.7. The summed E-state index contributed by atoms with van der Waals surface area (Å²) in [6, 6.07) is 13.6. The van der Waals surface area contributed by atoms with E-state index in [4.69, 9.17) is 0 Å². The second-order valence-corrected chi connectivity index (χ2v) is 15.8. The van der Waals surface area contributed by atoms with Gasteiger partial charge in [-0.3, -0.25) is 0 Å². The van der Waals surface area contributed by atoms with Gasteiger partial charge in [-0.1, -0.05) is 0 Å². The first kappa shape index (κ1) is 22.9. The molecule has 0 amide bonds. The molecule has 0 spiro atoms. The molecule has 0 bridgehead atoms. The number of alkyl halides is 3. The summed E-state index contributed by atoms with van der Waals surface area (Å²) < 4.78 is 29.5. The van der Waals surface area contributed by atoms with Gasteiger partial charge in [-0.15, -0.1) is 0 Å². The molecule has 32 heavy (non-hydrogen) atoms. The summed E-state index contributed by atoms with van der Waals surface area (Å²) >= 11 is -1.33. The van der Waals surface area contributed by atoms with Gasteiger partial charge in [0.25, 0.3) is 0 Å². The summed E-state index contributed by atoms with van der Waals surface area (Å²) in [5.41, 5.74) is 6.91. The summed E-state index contributed by atoms with van der Waals surface area (Å²) in [4.78, 5) is 0. The van der Waals surface area contributed by atoms with Gasteiger partial charge in [-0.2, -0.15) is 0 Å². The van der Waals surface area contributed by atoms with Crippen LogP contribution in [0.5, 0.6) is 0 Å². The average Bonchev–Trinajstić information content (AvgIpc) is 3.09. The molecular weight excluding hydrogens is 515 g/mol. The predicted molar refractivity (Wildman–Crippen MR) is 136 cm³/mol. The zero-order valence-corrected chi connectivity index (χ0v) is 20.8. The topological polar surface area (TPSA) is 23.8 Å². The molecule has 0 saturated carbocycles. The van der Waals surface area contributed by atoms with Crippen LogP contribution in [-0.2, 0) is 12.8 Å². The number of fused-ring (bicyclic) bond motifs is 1. The maximum atomic E-state index is 13.5. The molecule has 166 valence electrons. The molecular formula is C28H28F2IN. The third kappa shape index (κ3) is 4.73. The van der Waals surface area contributed by atoms with Gasteiger partial charge in [0.1, 0.15) is 0 Å². The minimum atomic E-state index is -1.33. The molecule has 1 unspecified atom stereocenters. The Kier molecular flexibility index (Phi) is 6.95. The second kappa shape index (κ2) is 9.70. The fraction of sp³-hybridized carbons (Fsp3) is 0.321. The first-order valence-corrected chi connectivity index (χ1v) is 15.2. The van der Waals surface area contributed by atoms with Crippen molar-refractivity contribution in [3.8, 4) is 6.07 Å². The van der Waals surface area contributed by atoms with E-state index in [2.05, 4.69) is 38.1 Å². The van der Waals surface area contributed by atoms with Crippen molar-refractivity contribution >= 4 is 19.8 Å². The van der Waals surface area contributed by atoms with Crippen molar-refractivity contribution in [3.05, 3.63) is 106 Å². The van der Waals surface area contributed by atoms with Crippen LogP contribution >= 0.6 is 19.8 Å². The van der Waals surface area contributed by atoms with Gasteiger partial charge in [0.15, 0.2) is 0 Å². The second-order valence-electron chi connectivity index (χ2n) is 8.64. The number of nitrogens with zero attached hydrogens (tertiary/aromatic N) is 1. The predicted octanol–water partition coefficient (Wildman–Crippen LogP) is 7.49. The third-order valence-corrected chi connectivity index (χ3v) is 14.7. The van der Waals surface area contributed by atoms with E-state index in [0.29, 0.717) is 5.56 Å². The van der Waals surface area contributed by atoms with Crippen molar-refractivity contribution in [1.82, 2.24) is 0 Å². The summed E-state index contributed by atoms with van der Waals surface area (Å²) in [6.07, 6.45) is 10.7. The summed E-state index contributed by atoms with van der Waals surface area (Å²) in [5, 5.41) is 9.38. The van der Waals surface area contributed by atoms with E-state index in [1.165, 1.54) is 39.8 Å². The van der Waals surface area contributed by atoms with E-state index in [1.807, 2.05) is 12.1 Å². The number of halogens is 3. The van der Waals surface area contributed by atoms with E-state index in [1.54, 1.807) is 11.6 Å². The van der Waals surface area contributed by atoms with Gasteiger partial charge in [0, 0.05) is 0 Å². The monoisotopic (exact) mass is 543 g/mol. The Hall–Kier alpha value is -2.26. The summed E-state index contributed by atoms with van der Waals surface area (Å²) in [6.45, 7) is 4.51. The molecule has 1 heterocycles. The van der Waals surface area contributed by atoms with Gasteiger partial charge >= 0.3 is 197 Å². The molecule has 1 atom stereocenters. The fourth-order valence-electron chi connectivity index (χ4n) is 4.81. The molecule has 1 aliphatic carbocycles. The summed E-state index contributed by atoms with van der Waals surface area (Å²) in [7, 11) is 0. The van der Waals surface area contributed by atoms with E-state index in [-0.39, 0.29) is 15.1 Å². The minimum absolute atomic E-state index is 0.197. The molecule has 1 nitrogen and oxygen atoms in total. The van der Waals surface area contributed by atoms with Gasteiger partial charge in [0.05, 0.1) is 0 Å². The van der Waals surface area contributed by atoms with E-state index in [9.17, 15) is 14.0 Å². The maximum absolute atomic E-state index is 13.5. The molecule has 1 aliphatic heterocycles. The Bertz CT molecular complexity index is 1140. The van der Waals surface area contributed by atoms with Crippen molar-refractivity contribution in [3.63, 3.8) is 0 Å². The van der Waals surface area contributed by atoms with Crippen molar-refractivity contribution in [2.75, 3.05) is 8.86 Å². The molecule has 2 aromatic carbocycles. The Labute approximate surface area is 196 Å². The number of hydrogen-bond acceptors (Lipinski definition) is 1. The van der Waals surface area contributed by atoms with Gasteiger partial charge < -0.3 is 0 Å². The quantitative estimate of drug-likeness (QED) is 0.274. The molecule has 0 N–H and O–H groups in total. The van der Waals surface area contributed by atoms with Crippen molar-refractivity contribution < 1.29 is 8.78 Å². The molecule has 2 aliphatic rings. The number of aryl methyl sites for hydroxylation is 1. The molecule has 4 rings (SSSR count). The van der Waals surface area contributed by atoms with Crippen LogP contribution in [-0.4, -0.2) is 12.3 Å². The molecule has 2 aromatic rings. The average molecular weight is 543 g/mol. The Balaban J connectivity index is 1.54. The van der Waals surface area contributed by atoms with E-state index >= 15 is 0 Å². The van der Waals surface area contributed by atoms with Crippen LogP contribution in [0.2, 0.25) is 0 Å². The number of nitriles is 1. The SMILES string of the molecule is C/C=C\C1=C(Cc2ccc(F)cc2)C=C2CCI(CCc3ccc(F)cc3C#N)C2(C)C1. The van der Waals surface area contributed by atoms with Crippen LogP contribution in [0.3, 0.4) is 0 Å². The zero-order valence-electron chi connectivity index (χ0n) is 18.6. The number of allylic oxidation sites excluding steroid dienone is 6. The van der Waals surface area contributed by atoms with Crippen LogP contribution in [0.4, 0.5) is 8.78 Å². The van der Waals surface area contributed by atoms with E-state index in [0.717, 1.165) is 41.2 Å². The van der Waals surface area contributed by atoms with Crippen LogP contribution in [0.25, 0.3) is 0 Å². The molecule has 0 aromatic heterocycles. The summed E-state index contributed by atoms with van der Waals surface area (Å²) in [5.74, 6) is -0.540. The van der Waals surface area contributed by atoms with Crippen LogP contribution in [0.1, 0.15) is 43.4 Å². The van der Waals surface area contributed by atoms with Crippen LogP contribution in [0.15, 0.2) is 77.4 Å².